The van der Waals surface area contributed by atoms with Crippen molar-refractivity contribution in [1.82, 2.24) is 10.2 Å². The summed E-state index contributed by atoms with van der Waals surface area (Å²) < 4.78 is 26.7. The third-order valence-corrected chi connectivity index (χ3v) is 9.04. The van der Waals surface area contributed by atoms with Gasteiger partial charge >= 0.3 is 0 Å². The van der Waals surface area contributed by atoms with Crippen molar-refractivity contribution in [3.05, 3.63) is 99.5 Å². The zero-order valence-electron chi connectivity index (χ0n) is 24.5. The molecule has 0 saturated carbocycles. The number of hydrogen-bond donors (Lipinski definition) is 1. The SMILES string of the molecule is CC[C@H](C)NC(=O)[C@@H](Cc1ccccc1)N(Cc1ccc(Cl)cc1)C(=O)CCCN(c1cccc(Cl)c1C)S(C)(=O)=O. The van der Waals surface area contributed by atoms with Crippen molar-refractivity contribution in [2.24, 2.45) is 0 Å². The van der Waals surface area contributed by atoms with E-state index in [1.54, 1.807) is 42.2 Å². The lowest BCUT2D eigenvalue weighted by Crippen LogP contribution is -2.52. The molecule has 0 fully saturated rings. The highest BCUT2D eigenvalue weighted by Gasteiger charge is 2.31. The van der Waals surface area contributed by atoms with Gasteiger partial charge in [0.05, 0.1) is 11.9 Å². The molecule has 3 rings (SSSR count). The third-order valence-electron chi connectivity index (χ3n) is 7.20. The number of carbonyl (C=O) groups is 2. The van der Waals surface area contributed by atoms with Gasteiger partial charge in [0.15, 0.2) is 0 Å². The molecular formula is C32H39Cl2N3O4S. The van der Waals surface area contributed by atoms with Crippen LogP contribution in [0.3, 0.4) is 0 Å². The average molecular weight is 633 g/mol. The monoisotopic (exact) mass is 631 g/mol. The second-order valence-electron chi connectivity index (χ2n) is 10.5. The van der Waals surface area contributed by atoms with Crippen LogP contribution < -0.4 is 9.62 Å². The summed E-state index contributed by atoms with van der Waals surface area (Å²) >= 11 is 12.4. The summed E-state index contributed by atoms with van der Waals surface area (Å²) in [6.07, 6.45) is 2.51. The maximum Gasteiger partial charge on any atom is 0.243 e. The van der Waals surface area contributed by atoms with Crippen molar-refractivity contribution in [1.29, 1.82) is 0 Å². The number of rotatable bonds is 14. The molecule has 0 aliphatic heterocycles. The molecule has 226 valence electrons. The normalized spacial score (nSPS) is 12.8. The Morgan fingerprint density at radius 2 is 1.60 bits per heavy atom. The van der Waals surface area contributed by atoms with Gasteiger partial charge in [-0.25, -0.2) is 8.42 Å². The predicted molar refractivity (Wildman–Crippen MR) is 171 cm³/mol. The Bertz CT molecular complexity index is 1450. The highest BCUT2D eigenvalue weighted by molar-refractivity contribution is 7.92. The molecule has 1 N–H and O–H groups in total. The van der Waals surface area contributed by atoms with Gasteiger partial charge in [-0.15, -0.1) is 0 Å². The Hall–Kier alpha value is -3.07. The van der Waals surface area contributed by atoms with Gasteiger partial charge in [-0.05, 0) is 67.6 Å². The maximum absolute atomic E-state index is 13.9. The lowest BCUT2D eigenvalue weighted by molar-refractivity contribution is -0.141. The number of nitrogens with one attached hydrogen (secondary N) is 1. The van der Waals surface area contributed by atoms with Crippen LogP contribution in [0.25, 0.3) is 0 Å². The zero-order valence-corrected chi connectivity index (χ0v) is 26.8. The first-order chi connectivity index (χ1) is 19.9. The fraction of sp³-hybridized carbons (Fsp3) is 0.375. The van der Waals surface area contributed by atoms with Crippen LogP contribution in [0.15, 0.2) is 72.8 Å². The Balaban J connectivity index is 1.90. The van der Waals surface area contributed by atoms with Crippen molar-refractivity contribution >= 4 is 50.7 Å². The summed E-state index contributed by atoms with van der Waals surface area (Å²) in [4.78, 5) is 29.2. The minimum Gasteiger partial charge on any atom is -0.352 e. The highest BCUT2D eigenvalue weighted by Crippen LogP contribution is 2.28. The number of amides is 2. The molecule has 2 amide bonds. The molecule has 0 unspecified atom stereocenters. The van der Waals surface area contributed by atoms with Gasteiger partial charge in [-0.2, -0.15) is 0 Å². The van der Waals surface area contributed by atoms with E-state index in [4.69, 9.17) is 23.2 Å². The van der Waals surface area contributed by atoms with Crippen molar-refractivity contribution in [2.45, 2.75) is 65.1 Å². The van der Waals surface area contributed by atoms with Gasteiger partial charge in [0.2, 0.25) is 21.8 Å². The molecule has 3 aromatic carbocycles. The number of sulfonamides is 1. The number of anilines is 1. The molecule has 0 aliphatic rings. The van der Waals surface area contributed by atoms with Gasteiger partial charge in [0, 0.05) is 42.0 Å². The van der Waals surface area contributed by atoms with Crippen LogP contribution >= 0.6 is 23.2 Å². The molecule has 3 aromatic rings. The fourth-order valence-electron chi connectivity index (χ4n) is 4.63. The van der Waals surface area contributed by atoms with E-state index in [9.17, 15) is 18.0 Å². The second kappa shape index (κ2) is 15.4. The average Bonchev–Trinajstić information content (AvgIpc) is 2.95. The number of nitrogens with zero attached hydrogens (tertiary/aromatic N) is 2. The van der Waals surface area contributed by atoms with E-state index in [1.807, 2.05) is 56.3 Å². The summed E-state index contributed by atoms with van der Waals surface area (Å²) in [5, 5.41) is 4.09. The quantitative estimate of drug-likeness (QED) is 0.223. The largest absolute Gasteiger partial charge is 0.352 e. The van der Waals surface area contributed by atoms with E-state index in [2.05, 4.69) is 5.32 Å². The Morgan fingerprint density at radius 1 is 0.929 bits per heavy atom. The molecule has 2 atom stereocenters. The van der Waals surface area contributed by atoms with Gasteiger partial charge in [-0.3, -0.25) is 13.9 Å². The van der Waals surface area contributed by atoms with Crippen molar-refractivity contribution in [2.75, 3.05) is 17.1 Å². The third kappa shape index (κ3) is 9.48. The maximum atomic E-state index is 13.9. The van der Waals surface area contributed by atoms with E-state index in [0.717, 1.165) is 23.8 Å². The lowest BCUT2D eigenvalue weighted by atomic mass is 10.0. The van der Waals surface area contributed by atoms with Gasteiger partial charge in [-0.1, -0.05) is 78.7 Å². The molecule has 7 nitrogen and oxygen atoms in total. The summed E-state index contributed by atoms with van der Waals surface area (Å²) in [6.45, 7) is 5.97. The number of hydrogen-bond acceptors (Lipinski definition) is 4. The summed E-state index contributed by atoms with van der Waals surface area (Å²) in [6, 6.07) is 21.0. The minimum absolute atomic E-state index is 0.0428. The first kappa shape index (κ1) is 33.4. The summed E-state index contributed by atoms with van der Waals surface area (Å²) in [5.74, 6) is -0.482. The molecule has 42 heavy (non-hydrogen) atoms. The van der Waals surface area contributed by atoms with Gasteiger partial charge < -0.3 is 10.2 Å². The number of benzene rings is 3. The molecule has 0 aromatic heterocycles. The predicted octanol–water partition coefficient (Wildman–Crippen LogP) is 6.40. The first-order valence-corrected chi connectivity index (χ1v) is 16.6. The molecule has 0 aliphatic carbocycles. The molecule has 10 heteroatoms. The van der Waals surface area contributed by atoms with Crippen LogP contribution in [0, 0.1) is 6.92 Å². The Morgan fingerprint density at radius 3 is 2.21 bits per heavy atom. The molecule has 0 spiro atoms. The first-order valence-electron chi connectivity index (χ1n) is 14.0. The molecule has 0 heterocycles. The smallest absolute Gasteiger partial charge is 0.243 e. The van der Waals surface area contributed by atoms with E-state index in [1.165, 1.54) is 4.31 Å². The van der Waals surface area contributed by atoms with Gasteiger partial charge in [0.1, 0.15) is 6.04 Å². The lowest BCUT2D eigenvalue weighted by Gasteiger charge is -2.33. The van der Waals surface area contributed by atoms with Crippen LogP contribution in [-0.2, 0) is 32.6 Å². The van der Waals surface area contributed by atoms with E-state index < -0.39 is 16.1 Å². The molecular weight excluding hydrogens is 593 g/mol. The van der Waals surface area contributed by atoms with Crippen LogP contribution in [0.2, 0.25) is 10.0 Å². The van der Waals surface area contributed by atoms with Crippen LogP contribution in [0.4, 0.5) is 5.69 Å². The van der Waals surface area contributed by atoms with Crippen molar-refractivity contribution in [3.8, 4) is 0 Å². The van der Waals surface area contributed by atoms with E-state index in [-0.39, 0.29) is 43.8 Å². The zero-order chi connectivity index (χ0) is 30.9. The second-order valence-corrected chi connectivity index (χ2v) is 13.2. The summed E-state index contributed by atoms with van der Waals surface area (Å²) in [5.41, 5.74) is 2.88. The number of carbonyl (C=O) groups excluding carboxylic acids is 2. The van der Waals surface area contributed by atoms with Crippen LogP contribution in [0.5, 0.6) is 0 Å². The minimum atomic E-state index is -3.64. The van der Waals surface area contributed by atoms with Crippen molar-refractivity contribution < 1.29 is 18.0 Å². The highest BCUT2D eigenvalue weighted by atomic mass is 35.5. The van der Waals surface area contributed by atoms with E-state index in [0.29, 0.717) is 27.7 Å². The molecule has 0 bridgehead atoms. The van der Waals surface area contributed by atoms with Crippen molar-refractivity contribution in [3.63, 3.8) is 0 Å². The van der Waals surface area contributed by atoms with Gasteiger partial charge in [0.25, 0.3) is 0 Å². The number of halogens is 2. The van der Waals surface area contributed by atoms with Crippen LogP contribution in [-0.4, -0.2) is 50.0 Å². The van der Waals surface area contributed by atoms with E-state index >= 15 is 0 Å². The molecule has 0 radical (unpaired) electrons. The topological polar surface area (TPSA) is 86.8 Å². The standard InChI is InChI=1S/C32H39Cl2N3O4S/c1-5-23(2)35-32(39)30(21-25-11-7-6-8-12-25)36(22-26-16-18-27(33)19-17-26)31(38)15-10-20-37(42(4,40)41)29-14-9-13-28(34)24(29)3/h6-9,11-14,16-19,23,30H,5,10,15,20-22H2,1-4H3,(H,35,39)/t23-,30+/m0/s1. The summed E-state index contributed by atoms with van der Waals surface area (Å²) in [7, 11) is -3.64. The fourth-order valence-corrected chi connectivity index (χ4v) is 5.94. The Labute approximate surface area is 259 Å². The van der Waals surface area contributed by atoms with Crippen LogP contribution in [0.1, 0.15) is 49.8 Å². The Kier molecular flexibility index (Phi) is 12.3. The molecule has 0 saturated heterocycles.